The quantitative estimate of drug-likeness (QED) is 0.538. The minimum Gasteiger partial charge on any atom is -0.392 e. The Kier molecular flexibility index (Phi) is 8.30. The van der Waals surface area contributed by atoms with E-state index in [1.165, 1.54) is 9.75 Å². The van der Waals surface area contributed by atoms with Crippen molar-refractivity contribution in [2.24, 2.45) is 5.92 Å². The standard InChI is InChI=1S/C28H39N3O3S/c1-4-5-14-31-26(33)24(17-20(2)3)29-27(34)28(31)12-15-30(16-13-28)18-23-10-11-25(35-23)22-8-6-21(19-32)7-9-22/h6-11,20,24,32H,4-5,12-19H2,1-3H3,(H,29,34). The van der Waals surface area contributed by atoms with Crippen molar-refractivity contribution < 1.29 is 14.7 Å². The van der Waals surface area contributed by atoms with Crippen LogP contribution in [-0.4, -0.2) is 57.9 Å². The molecule has 0 aliphatic carbocycles. The lowest BCUT2D eigenvalue weighted by atomic mass is 9.80. The van der Waals surface area contributed by atoms with Crippen molar-refractivity contribution in [3.8, 4) is 10.4 Å². The summed E-state index contributed by atoms with van der Waals surface area (Å²) < 4.78 is 0. The van der Waals surface area contributed by atoms with E-state index >= 15 is 0 Å². The zero-order valence-electron chi connectivity index (χ0n) is 21.3. The molecule has 0 saturated carbocycles. The van der Waals surface area contributed by atoms with Gasteiger partial charge in [-0.1, -0.05) is 51.5 Å². The summed E-state index contributed by atoms with van der Waals surface area (Å²) in [5, 5.41) is 12.4. The highest BCUT2D eigenvalue weighted by Crippen LogP contribution is 2.36. The maximum Gasteiger partial charge on any atom is 0.246 e. The van der Waals surface area contributed by atoms with E-state index in [0.29, 0.717) is 31.7 Å². The monoisotopic (exact) mass is 497 g/mol. The number of amides is 2. The first-order valence-electron chi connectivity index (χ1n) is 13.0. The van der Waals surface area contributed by atoms with Gasteiger partial charge in [-0.05, 0) is 54.9 Å². The molecule has 2 saturated heterocycles. The smallest absolute Gasteiger partial charge is 0.246 e. The summed E-state index contributed by atoms with van der Waals surface area (Å²) in [4.78, 5) is 33.7. The van der Waals surface area contributed by atoms with Crippen molar-refractivity contribution in [3.05, 3.63) is 46.8 Å². The zero-order valence-corrected chi connectivity index (χ0v) is 22.1. The number of nitrogens with one attached hydrogen (secondary N) is 1. The van der Waals surface area contributed by atoms with Crippen LogP contribution in [0.3, 0.4) is 0 Å². The Labute approximate surface area is 213 Å². The molecule has 4 rings (SSSR count). The number of thiophene rings is 1. The van der Waals surface area contributed by atoms with Gasteiger partial charge >= 0.3 is 0 Å². The van der Waals surface area contributed by atoms with Crippen LogP contribution >= 0.6 is 11.3 Å². The first-order chi connectivity index (χ1) is 16.9. The van der Waals surface area contributed by atoms with Gasteiger partial charge in [-0.3, -0.25) is 14.5 Å². The molecule has 3 heterocycles. The molecule has 2 N–H and O–H groups in total. The van der Waals surface area contributed by atoms with Gasteiger partial charge in [0.15, 0.2) is 0 Å². The van der Waals surface area contributed by atoms with Crippen LogP contribution in [0.2, 0.25) is 0 Å². The average molecular weight is 498 g/mol. The first-order valence-corrected chi connectivity index (χ1v) is 13.8. The number of hydrogen-bond donors (Lipinski definition) is 2. The highest BCUT2D eigenvalue weighted by Gasteiger charge is 2.53. The summed E-state index contributed by atoms with van der Waals surface area (Å²) in [6, 6.07) is 12.0. The van der Waals surface area contributed by atoms with Crippen LogP contribution < -0.4 is 5.32 Å². The Morgan fingerprint density at radius 1 is 1.11 bits per heavy atom. The lowest BCUT2D eigenvalue weighted by molar-refractivity contribution is -0.161. The fourth-order valence-electron chi connectivity index (χ4n) is 5.34. The molecule has 2 fully saturated rings. The van der Waals surface area contributed by atoms with E-state index in [1.807, 2.05) is 17.0 Å². The minimum atomic E-state index is -0.703. The van der Waals surface area contributed by atoms with Gasteiger partial charge in [0, 0.05) is 35.9 Å². The Bertz CT molecular complexity index is 1010. The highest BCUT2D eigenvalue weighted by atomic mass is 32.1. The molecule has 190 valence electrons. The van der Waals surface area contributed by atoms with Crippen LogP contribution in [0, 0.1) is 5.92 Å². The van der Waals surface area contributed by atoms with Crippen molar-refractivity contribution in [3.63, 3.8) is 0 Å². The molecule has 7 heteroatoms. The zero-order chi connectivity index (χ0) is 25.0. The number of likely N-dealkylation sites (tertiary alicyclic amines) is 1. The fraction of sp³-hybridized carbons (Fsp3) is 0.571. The van der Waals surface area contributed by atoms with Crippen molar-refractivity contribution in [1.29, 1.82) is 0 Å². The first kappa shape index (κ1) is 25.9. The van der Waals surface area contributed by atoms with Gasteiger partial charge in [-0.25, -0.2) is 0 Å². The fourth-order valence-corrected chi connectivity index (χ4v) is 6.39. The third-order valence-electron chi connectivity index (χ3n) is 7.40. The maximum absolute atomic E-state index is 13.4. The number of nitrogens with zero attached hydrogens (tertiary/aromatic N) is 2. The summed E-state index contributed by atoms with van der Waals surface area (Å²) in [6.45, 7) is 9.51. The molecule has 35 heavy (non-hydrogen) atoms. The van der Waals surface area contributed by atoms with Crippen molar-refractivity contribution in [2.75, 3.05) is 19.6 Å². The number of piperazine rings is 1. The molecular weight excluding hydrogens is 458 g/mol. The Morgan fingerprint density at radius 2 is 1.83 bits per heavy atom. The van der Waals surface area contributed by atoms with E-state index in [2.05, 4.69) is 55.3 Å². The number of benzene rings is 1. The predicted molar refractivity (Wildman–Crippen MR) is 141 cm³/mol. The van der Waals surface area contributed by atoms with E-state index in [9.17, 15) is 14.7 Å². The Hall–Kier alpha value is -2.22. The largest absolute Gasteiger partial charge is 0.392 e. The van der Waals surface area contributed by atoms with Crippen LogP contribution in [0.4, 0.5) is 0 Å². The van der Waals surface area contributed by atoms with E-state index in [0.717, 1.165) is 43.6 Å². The molecule has 2 aromatic rings. The summed E-state index contributed by atoms with van der Waals surface area (Å²) >= 11 is 1.79. The van der Waals surface area contributed by atoms with Gasteiger partial charge < -0.3 is 15.3 Å². The van der Waals surface area contributed by atoms with E-state index in [1.54, 1.807) is 11.3 Å². The van der Waals surface area contributed by atoms with Gasteiger partial charge in [0.2, 0.25) is 11.8 Å². The third kappa shape index (κ3) is 5.63. The summed E-state index contributed by atoms with van der Waals surface area (Å²) in [5.74, 6) is 0.509. The molecule has 1 spiro atoms. The minimum absolute atomic E-state index is 0.0447. The van der Waals surface area contributed by atoms with Gasteiger partial charge in [-0.15, -0.1) is 11.3 Å². The van der Waals surface area contributed by atoms with Crippen LogP contribution in [0.5, 0.6) is 0 Å². The molecule has 6 nitrogen and oxygen atoms in total. The van der Waals surface area contributed by atoms with Gasteiger partial charge in [-0.2, -0.15) is 0 Å². The molecule has 1 atom stereocenters. The number of carbonyl (C=O) groups is 2. The van der Waals surface area contributed by atoms with Crippen molar-refractivity contribution in [2.45, 2.75) is 77.6 Å². The predicted octanol–water partition coefficient (Wildman–Crippen LogP) is 4.42. The second-order valence-electron chi connectivity index (χ2n) is 10.4. The molecule has 1 aromatic carbocycles. The molecule has 2 aliphatic heterocycles. The van der Waals surface area contributed by atoms with E-state index < -0.39 is 5.54 Å². The van der Waals surface area contributed by atoms with Crippen LogP contribution in [0.25, 0.3) is 10.4 Å². The van der Waals surface area contributed by atoms with E-state index in [4.69, 9.17) is 0 Å². The molecule has 0 radical (unpaired) electrons. The number of hydrogen-bond acceptors (Lipinski definition) is 5. The number of unbranched alkanes of at least 4 members (excludes halogenated alkanes) is 1. The summed E-state index contributed by atoms with van der Waals surface area (Å²) in [5.41, 5.74) is 1.38. The molecule has 2 aliphatic rings. The molecular formula is C28H39N3O3S. The van der Waals surface area contributed by atoms with Gasteiger partial charge in [0.05, 0.1) is 6.61 Å². The second-order valence-corrected chi connectivity index (χ2v) is 11.6. The SMILES string of the molecule is CCCCN1C(=O)C(CC(C)C)NC(=O)C12CCN(Cc1ccc(-c3ccc(CO)cc3)s1)CC2. The molecule has 1 unspecified atom stereocenters. The van der Waals surface area contributed by atoms with Crippen molar-refractivity contribution in [1.82, 2.24) is 15.1 Å². The average Bonchev–Trinajstić information content (AvgIpc) is 3.32. The molecule has 1 aromatic heterocycles. The number of aliphatic hydroxyl groups excluding tert-OH is 1. The molecule has 2 amide bonds. The maximum atomic E-state index is 13.4. The van der Waals surface area contributed by atoms with Crippen LogP contribution in [0.1, 0.15) is 63.3 Å². The summed E-state index contributed by atoms with van der Waals surface area (Å²) in [7, 11) is 0. The highest BCUT2D eigenvalue weighted by molar-refractivity contribution is 7.15. The number of rotatable bonds is 9. The Morgan fingerprint density at radius 3 is 2.46 bits per heavy atom. The normalized spacial score (nSPS) is 20.6. The number of aliphatic hydroxyl groups is 1. The topological polar surface area (TPSA) is 72.9 Å². The van der Waals surface area contributed by atoms with Gasteiger partial charge in [0.25, 0.3) is 0 Å². The van der Waals surface area contributed by atoms with Crippen LogP contribution in [-0.2, 0) is 22.7 Å². The lowest BCUT2D eigenvalue weighted by Gasteiger charge is -2.52. The van der Waals surface area contributed by atoms with E-state index in [-0.39, 0.29) is 24.5 Å². The Balaban J connectivity index is 1.42. The second kappa shape index (κ2) is 11.2. The lowest BCUT2D eigenvalue weighted by Crippen LogP contribution is -2.73. The van der Waals surface area contributed by atoms with Crippen molar-refractivity contribution >= 4 is 23.2 Å². The van der Waals surface area contributed by atoms with Crippen LogP contribution in [0.15, 0.2) is 36.4 Å². The number of piperidine rings is 1. The van der Waals surface area contributed by atoms with Gasteiger partial charge in [0.1, 0.15) is 11.6 Å². The number of carbonyl (C=O) groups excluding carboxylic acids is 2. The summed E-state index contributed by atoms with van der Waals surface area (Å²) in [6.07, 6.45) is 3.99. The third-order valence-corrected chi connectivity index (χ3v) is 8.52. The molecule has 0 bridgehead atoms.